The highest BCUT2D eigenvalue weighted by Crippen LogP contribution is 2.10. The van der Waals surface area contributed by atoms with E-state index in [1.165, 1.54) is 44.9 Å². The minimum absolute atomic E-state index is 0.0583. The van der Waals surface area contributed by atoms with E-state index >= 15 is 0 Å². The van der Waals surface area contributed by atoms with E-state index in [4.69, 9.17) is 0 Å². The summed E-state index contributed by atoms with van der Waals surface area (Å²) in [6, 6.07) is 0. The maximum absolute atomic E-state index is 11.2. The van der Waals surface area contributed by atoms with Gasteiger partial charge < -0.3 is 0 Å². The monoisotopic (exact) mass is 335 g/mol. The van der Waals surface area contributed by atoms with E-state index in [2.05, 4.69) is 22.0 Å². The van der Waals surface area contributed by atoms with Gasteiger partial charge in [-0.25, -0.2) is 9.66 Å². The zero-order chi connectivity index (χ0) is 16.7. The number of carbonyl (C=O) groups is 1. The first kappa shape index (κ1) is 21.1. The van der Waals surface area contributed by atoms with E-state index in [9.17, 15) is 13.2 Å². The molecule has 7 heteroatoms. The zero-order valence-corrected chi connectivity index (χ0v) is 14.3. The van der Waals surface area contributed by atoms with Gasteiger partial charge in [0.1, 0.15) is 0 Å². The van der Waals surface area contributed by atoms with Crippen LogP contribution in [0.25, 0.3) is 0 Å². The smallest absolute Gasteiger partial charge is 0.268 e. The van der Waals surface area contributed by atoms with Crippen LogP contribution in [0.15, 0.2) is 12.7 Å². The van der Waals surface area contributed by atoms with Crippen molar-refractivity contribution >= 4 is 16.3 Å². The molecule has 0 aliphatic rings. The Labute approximate surface area is 134 Å². The van der Waals surface area contributed by atoms with Crippen LogP contribution in [0, 0.1) is 0 Å². The average Bonchev–Trinajstić information content (AvgIpc) is 2.50. The van der Waals surface area contributed by atoms with Gasteiger partial charge >= 0.3 is 10.4 Å². The highest BCUT2D eigenvalue weighted by Gasteiger charge is 2.13. The van der Waals surface area contributed by atoms with Crippen molar-refractivity contribution in [3.8, 4) is 0 Å². The summed E-state index contributed by atoms with van der Waals surface area (Å²) in [5.41, 5.74) is 1.69. The molecule has 0 unspecified atom stereocenters. The van der Waals surface area contributed by atoms with Gasteiger partial charge in [0.2, 0.25) is 0 Å². The van der Waals surface area contributed by atoms with E-state index in [-0.39, 0.29) is 6.61 Å². The van der Waals surface area contributed by atoms with Gasteiger partial charge in [0.25, 0.3) is 5.91 Å². The van der Waals surface area contributed by atoms with Crippen LogP contribution in [0.1, 0.15) is 71.1 Å². The van der Waals surface area contributed by atoms with Crippen LogP contribution in [0.4, 0.5) is 0 Å². The molecule has 0 bridgehead atoms. The number of nitrogens with one attached hydrogen (secondary N) is 1. The lowest BCUT2D eigenvalue weighted by Gasteiger charge is -2.05. The summed E-state index contributed by atoms with van der Waals surface area (Å²) in [7, 11) is -4.18. The third-order valence-electron chi connectivity index (χ3n) is 3.16. The van der Waals surface area contributed by atoms with Crippen molar-refractivity contribution in [2.75, 3.05) is 6.61 Å². The fourth-order valence-corrected chi connectivity index (χ4v) is 2.46. The second kappa shape index (κ2) is 13.7. The van der Waals surface area contributed by atoms with Crippen LogP contribution in [0.3, 0.4) is 0 Å². The van der Waals surface area contributed by atoms with Gasteiger partial charge in [-0.3, -0.25) is 4.79 Å². The Morgan fingerprint density at radius 2 is 1.50 bits per heavy atom. The first-order chi connectivity index (χ1) is 10.5. The van der Waals surface area contributed by atoms with Crippen LogP contribution in [0.5, 0.6) is 0 Å². The Bertz CT molecular complexity index is 395. The summed E-state index contributed by atoms with van der Waals surface area (Å²) >= 11 is 0. The molecule has 0 atom stereocenters. The first-order valence-electron chi connectivity index (χ1n) is 8.02. The van der Waals surface area contributed by atoms with Crippen molar-refractivity contribution in [2.45, 2.75) is 71.1 Å². The van der Waals surface area contributed by atoms with Gasteiger partial charge in [-0.2, -0.15) is 8.42 Å². The lowest BCUT2D eigenvalue weighted by Crippen LogP contribution is -2.26. The Kier molecular flexibility index (Phi) is 13.1. The van der Waals surface area contributed by atoms with Crippen LogP contribution >= 0.6 is 0 Å². The molecule has 0 aromatic carbocycles. The number of carbonyl (C=O) groups excluding carboxylic acids is 1. The molecule has 0 aromatic heterocycles. The van der Waals surface area contributed by atoms with Gasteiger partial charge in [0, 0.05) is 0 Å². The molecule has 0 fully saturated rings. The zero-order valence-electron chi connectivity index (χ0n) is 13.5. The standard InChI is InChI=1S/C15H29NO5S/c1-3-5-6-7-8-9-10-11-12-13-14-20-22(18,19)21-16-15(17)4-2/h4H,2-3,5-14H2,1H3,(H,16,17). The number of hydrogen-bond donors (Lipinski definition) is 1. The van der Waals surface area contributed by atoms with Gasteiger partial charge in [-0.1, -0.05) is 71.3 Å². The number of amides is 1. The van der Waals surface area contributed by atoms with Crippen LogP contribution in [0.2, 0.25) is 0 Å². The molecule has 0 aromatic rings. The van der Waals surface area contributed by atoms with E-state index in [0.717, 1.165) is 18.9 Å². The fourth-order valence-electron chi connectivity index (χ4n) is 1.91. The number of unbranched alkanes of at least 4 members (excludes halogenated alkanes) is 9. The molecule has 1 N–H and O–H groups in total. The van der Waals surface area contributed by atoms with Gasteiger partial charge in [0.05, 0.1) is 6.61 Å². The van der Waals surface area contributed by atoms with Crippen LogP contribution in [-0.4, -0.2) is 20.9 Å². The molecule has 0 radical (unpaired) electrons. The fraction of sp³-hybridized carbons (Fsp3) is 0.800. The van der Waals surface area contributed by atoms with E-state index in [1.807, 2.05) is 0 Å². The first-order valence-corrected chi connectivity index (χ1v) is 9.35. The van der Waals surface area contributed by atoms with Gasteiger partial charge in [-0.05, 0) is 12.5 Å². The van der Waals surface area contributed by atoms with E-state index in [1.54, 1.807) is 5.48 Å². The third kappa shape index (κ3) is 14.0. The molecule has 0 rings (SSSR count). The highest BCUT2D eigenvalue weighted by molar-refractivity contribution is 7.81. The molecule has 0 spiro atoms. The van der Waals surface area contributed by atoms with Crippen molar-refractivity contribution < 1.29 is 21.7 Å². The second-order valence-corrected chi connectivity index (χ2v) is 6.38. The minimum Gasteiger partial charge on any atom is -0.268 e. The predicted octanol–water partition coefficient (Wildman–Crippen LogP) is 3.40. The molecule has 1 amide bonds. The van der Waals surface area contributed by atoms with Crippen molar-refractivity contribution in [3.63, 3.8) is 0 Å². The van der Waals surface area contributed by atoms with E-state index < -0.39 is 16.3 Å². The molecule has 22 heavy (non-hydrogen) atoms. The molecule has 0 aliphatic carbocycles. The Balaban J connectivity index is 3.41. The summed E-state index contributed by atoms with van der Waals surface area (Å²) in [6.45, 7) is 5.43. The van der Waals surface area contributed by atoms with Gasteiger partial charge in [-0.15, -0.1) is 4.28 Å². The van der Waals surface area contributed by atoms with Crippen LogP contribution in [-0.2, 0) is 23.7 Å². The Hall–Kier alpha value is -0.920. The average molecular weight is 335 g/mol. The third-order valence-corrected chi connectivity index (χ3v) is 3.90. The molecule has 0 saturated carbocycles. The van der Waals surface area contributed by atoms with Crippen molar-refractivity contribution in [2.24, 2.45) is 0 Å². The maximum atomic E-state index is 11.2. The van der Waals surface area contributed by atoms with Crippen molar-refractivity contribution in [3.05, 3.63) is 12.7 Å². The molecule has 0 aliphatic heterocycles. The topological polar surface area (TPSA) is 81.7 Å². The minimum atomic E-state index is -4.18. The number of hydrogen-bond acceptors (Lipinski definition) is 5. The number of rotatable bonds is 15. The molecule has 0 saturated heterocycles. The Morgan fingerprint density at radius 1 is 1.00 bits per heavy atom. The lowest BCUT2D eigenvalue weighted by atomic mass is 10.1. The normalized spacial score (nSPS) is 11.3. The molecule has 6 nitrogen and oxygen atoms in total. The predicted molar refractivity (Wildman–Crippen MR) is 86.1 cm³/mol. The Morgan fingerprint density at radius 3 is 2.00 bits per heavy atom. The quantitative estimate of drug-likeness (QED) is 0.282. The summed E-state index contributed by atoms with van der Waals surface area (Å²) in [6.07, 6.45) is 12.4. The molecular weight excluding hydrogens is 306 g/mol. The van der Waals surface area contributed by atoms with Crippen molar-refractivity contribution in [1.29, 1.82) is 0 Å². The largest absolute Gasteiger partial charge is 0.420 e. The molecular formula is C15H29NO5S. The lowest BCUT2D eigenvalue weighted by molar-refractivity contribution is -0.123. The molecule has 130 valence electrons. The second-order valence-electron chi connectivity index (χ2n) is 5.17. The van der Waals surface area contributed by atoms with Crippen LogP contribution < -0.4 is 5.48 Å². The van der Waals surface area contributed by atoms with Crippen molar-refractivity contribution in [1.82, 2.24) is 5.48 Å². The molecule has 0 heterocycles. The SMILES string of the molecule is C=CC(=O)NOS(=O)(=O)OCCCCCCCCCCCC. The van der Waals surface area contributed by atoms with E-state index in [0.29, 0.717) is 6.42 Å². The summed E-state index contributed by atoms with van der Waals surface area (Å²) in [4.78, 5) is 10.7. The number of hydroxylamine groups is 1. The maximum Gasteiger partial charge on any atom is 0.420 e. The summed E-state index contributed by atoms with van der Waals surface area (Å²) in [5, 5.41) is 0. The summed E-state index contributed by atoms with van der Waals surface area (Å²) < 4.78 is 31.2. The highest BCUT2D eigenvalue weighted by atomic mass is 32.3. The summed E-state index contributed by atoms with van der Waals surface area (Å²) in [5.74, 6) is -0.744. The van der Waals surface area contributed by atoms with Gasteiger partial charge in [0.15, 0.2) is 0 Å².